The highest BCUT2D eigenvalue weighted by Gasteiger charge is 2.04. The molecule has 2 aromatic carbocycles. The summed E-state index contributed by atoms with van der Waals surface area (Å²) in [5.41, 5.74) is 0. The van der Waals surface area contributed by atoms with E-state index in [2.05, 4.69) is 36.6 Å². The lowest BCUT2D eigenvalue weighted by molar-refractivity contribution is 0.0503. The number of phenolic OH excluding ortho intramolecular Hbond substituents is 1. The Morgan fingerprint density at radius 2 is 1.57 bits per heavy atom. The molecule has 0 atom stereocenters. The third-order valence-electron chi connectivity index (χ3n) is 2.18. The SMILES string of the molecule is COCOc1cccc(F)c1Br.Oc1cccc(F)c1Br. The van der Waals surface area contributed by atoms with E-state index in [1.54, 1.807) is 12.1 Å². The monoisotopic (exact) mass is 424 g/mol. The molecule has 114 valence electrons. The first kappa shape index (κ1) is 17.9. The lowest BCUT2D eigenvalue weighted by Crippen LogP contribution is -1.99. The Bertz CT molecular complexity index is 574. The van der Waals surface area contributed by atoms with Gasteiger partial charge in [-0.1, -0.05) is 12.1 Å². The summed E-state index contributed by atoms with van der Waals surface area (Å²) in [6, 6.07) is 8.70. The van der Waals surface area contributed by atoms with Crippen LogP contribution in [-0.2, 0) is 4.74 Å². The van der Waals surface area contributed by atoms with Crippen LogP contribution in [0.1, 0.15) is 0 Å². The van der Waals surface area contributed by atoms with Crippen molar-refractivity contribution in [1.29, 1.82) is 0 Å². The molecule has 2 aromatic rings. The molecule has 1 N–H and O–H groups in total. The summed E-state index contributed by atoms with van der Waals surface area (Å²) < 4.78 is 35.4. The smallest absolute Gasteiger partial charge is 0.188 e. The van der Waals surface area contributed by atoms with E-state index < -0.39 is 5.82 Å². The van der Waals surface area contributed by atoms with E-state index in [1.165, 1.54) is 31.4 Å². The second kappa shape index (κ2) is 8.96. The Morgan fingerprint density at radius 3 is 2.10 bits per heavy atom. The van der Waals surface area contributed by atoms with Crippen LogP contribution in [0.3, 0.4) is 0 Å². The molecule has 0 heterocycles. The van der Waals surface area contributed by atoms with Gasteiger partial charge in [0, 0.05) is 7.11 Å². The summed E-state index contributed by atoms with van der Waals surface area (Å²) >= 11 is 5.91. The number of phenols is 1. The highest BCUT2D eigenvalue weighted by molar-refractivity contribution is 9.10. The summed E-state index contributed by atoms with van der Waals surface area (Å²) in [5.74, 6) is -0.426. The van der Waals surface area contributed by atoms with Crippen LogP contribution in [0.15, 0.2) is 45.3 Å². The Labute approximate surface area is 137 Å². The first-order chi connectivity index (χ1) is 9.97. The van der Waals surface area contributed by atoms with Gasteiger partial charge in [0.25, 0.3) is 0 Å². The molecule has 0 saturated carbocycles. The second-order valence-corrected chi connectivity index (χ2v) is 5.26. The van der Waals surface area contributed by atoms with E-state index in [0.717, 1.165) is 0 Å². The first-order valence-electron chi connectivity index (χ1n) is 5.66. The number of halogens is 4. The van der Waals surface area contributed by atoms with Crippen LogP contribution in [-0.4, -0.2) is 19.0 Å². The van der Waals surface area contributed by atoms with Gasteiger partial charge in [-0.3, -0.25) is 0 Å². The first-order valence-corrected chi connectivity index (χ1v) is 7.24. The van der Waals surface area contributed by atoms with Crippen molar-refractivity contribution in [3.63, 3.8) is 0 Å². The Kier molecular flexibility index (Phi) is 7.63. The number of aromatic hydroxyl groups is 1. The minimum Gasteiger partial charge on any atom is -0.507 e. The predicted octanol–water partition coefficient (Wildman–Crippen LogP) is 4.86. The van der Waals surface area contributed by atoms with E-state index in [4.69, 9.17) is 9.84 Å². The number of benzene rings is 2. The van der Waals surface area contributed by atoms with Gasteiger partial charge in [-0.25, -0.2) is 8.78 Å². The van der Waals surface area contributed by atoms with Gasteiger partial charge in [0.15, 0.2) is 6.79 Å². The molecule has 0 radical (unpaired) electrons. The van der Waals surface area contributed by atoms with Crippen LogP contribution < -0.4 is 4.74 Å². The van der Waals surface area contributed by atoms with Crippen LogP contribution in [0.5, 0.6) is 11.5 Å². The standard InChI is InChI=1S/C8H8BrFO2.C6H4BrFO/c1-11-5-12-7-4-2-3-6(10)8(7)9;7-6-4(8)2-1-3-5(6)9/h2-4H,5H2,1H3;1-3,9H. The van der Waals surface area contributed by atoms with Crippen LogP contribution in [0.4, 0.5) is 8.78 Å². The van der Waals surface area contributed by atoms with E-state index in [1.807, 2.05) is 0 Å². The fourth-order valence-corrected chi connectivity index (χ4v) is 1.85. The summed E-state index contributed by atoms with van der Waals surface area (Å²) in [6.45, 7) is 0.113. The number of hydrogen-bond donors (Lipinski definition) is 1. The molecule has 0 unspecified atom stereocenters. The van der Waals surface area contributed by atoms with Gasteiger partial charge in [0.05, 0.1) is 8.95 Å². The zero-order chi connectivity index (χ0) is 15.8. The summed E-state index contributed by atoms with van der Waals surface area (Å²) in [6.07, 6.45) is 0. The average Bonchev–Trinajstić information content (AvgIpc) is 2.47. The molecule has 2 rings (SSSR count). The largest absolute Gasteiger partial charge is 0.507 e. The van der Waals surface area contributed by atoms with E-state index in [9.17, 15) is 8.78 Å². The van der Waals surface area contributed by atoms with Crippen molar-refractivity contribution in [2.45, 2.75) is 0 Å². The maximum Gasteiger partial charge on any atom is 0.188 e. The minimum absolute atomic E-state index is 0.0741. The molecule has 3 nitrogen and oxygen atoms in total. The maximum absolute atomic E-state index is 12.8. The van der Waals surface area contributed by atoms with Crippen molar-refractivity contribution in [2.24, 2.45) is 0 Å². The zero-order valence-electron chi connectivity index (χ0n) is 10.9. The fraction of sp³-hybridized carbons (Fsp3) is 0.143. The van der Waals surface area contributed by atoms with Crippen molar-refractivity contribution in [1.82, 2.24) is 0 Å². The maximum atomic E-state index is 12.8. The number of methoxy groups -OCH3 is 1. The Hall–Kier alpha value is -1.18. The highest BCUT2D eigenvalue weighted by Crippen LogP contribution is 2.27. The zero-order valence-corrected chi connectivity index (χ0v) is 14.1. The highest BCUT2D eigenvalue weighted by atomic mass is 79.9. The molecule has 0 aliphatic heterocycles. The molecule has 0 spiro atoms. The van der Waals surface area contributed by atoms with Gasteiger partial charge >= 0.3 is 0 Å². The van der Waals surface area contributed by atoms with Gasteiger partial charge in [0.1, 0.15) is 23.1 Å². The summed E-state index contributed by atoms with van der Waals surface area (Å²) in [7, 11) is 1.51. The predicted molar refractivity (Wildman–Crippen MR) is 82.4 cm³/mol. The van der Waals surface area contributed by atoms with Gasteiger partial charge < -0.3 is 14.6 Å². The van der Waals surface area contributed by atoms with Crippen molar-refractivity contribution >= 4 is 31.9 Å². The molecular weight excluding hydrogens is 414 g/mol. The topological polar surface area (TPSA) is 38.7 Å². The third kappa shape index (κ3) is 5.61. The molecule has 0 bridgehead atoms. The lowest BCUT2D eigenvalue weighted by atomic mass is 10.3. The second-order valence-electron chi connectivity index (χ2n) is 3.68. The Balaban J connectivity index is 0.000000219. The number of ether oxygens (including phenoxy) is 2. The van der Waals surface area contributed by atoms with Crippen molar-refractivity contribution in [2.75, 3.05) is 13.9 Å². The fourth-order valence-electron chi connectivity index (χ4n) is 1.21. The molecule has 0 saturated heterocycles. The number of rotatable bonds is 3. The molecule has 7 heteroatoms. The van der Waals surface area contributed by atoms with E-state index in [-0.39, 0.29) is 22.8 Å². The number of hydrogen-bond acceptors (Lipinski definition) is 3. The Morgan fingerprint density at radius 1 is 1.00 bits per heavy atom. The van der Waals surface area contributed by atoms with Crippen LogP contribution in [0, 0.1) is 11.6 Å². The molecular formula is C14H12Br2F2O3. The third-order valence-corrected chi connectivity index (χ3v) is 3.73. The molecule has 0 aliphatic rings. The molecule has 0 fully saturated rings. The average molecular weight is 426 g/mol. The quantitative estimate of drug-likeness (QED) is 0.713. The van der Waals surface area contributed by atoms with E-state index in [0.29, 0.717) is 10.2 Å². The normalized spacial score (nSPS) is 9.76. The van der Waals surface area contributed by atoms with Crippen molar-refractivity contribution in [3.05, 3.63) is 57.0 Å². The van der Waals surface area contributed by atoms with Crippen LogP contribution in [0.2, 0.25) is 0 Å². The van der Waals surface area contributed by atoms with Gasteiger partial charge in [0.2, 0.25) is 0 Å². The van der Waals surface area contributed by atoms with Gasteiger partial charge in [-0.05, 0) is 56.1 Å². The van der Waals surface area contributed by atoms with Crippen molar-refractivity contribution in [3.8, 4) is 11.5 Å². The molecule has 0 amide bonds. The van der Waals surface area contributed by atoms with Crippen LogP contribution >= 0.6 is 31.9 Å². The van der Waals surface area contributed by atoms with E-state index >= 15 is 0 Å². The van der Waals surface area contributed by atoms with Gasteiger partial charge in [-0.2, -0.15) is 0 Å². The van der Waals surface area contributed by atoms with Crippen molar-refractivity contribution < 1.29 is 23.4 Å². The molecule has 0 aliphatic carbocycles. The molecule has 21 heavy (non-hydrogen) atoms. The lowest BCUT2D eigenvalue weighted by Gasteiger charge is -2.06. The van der Waals surface area contributed by atoms with Gasteiger partial charge in [-0.15, -0.1) is 0 Å². The minimum atomic E-state index is -0.449. The van der Waals surface area contributed by atoms with Crippen LogP contribution in [0.25, 0.3) is 0 Å². The summed E-state index contributed by atoms with van der Waals surface area (Å²) in [4.78, 5) is 0. The molecule has 0 aromatic heterocycles. The summed E-state index contributed by atoms with van der Waals surface area (Å²) in [5, 5.41) is 8.81.